The molecule has 2 aliphatic rings. The molecule has 2 aliphatic heterocycles. The van der Waals surface area contributed by atoms with Gasteiger partial charge < -0.3 is 24.8 Å². The minimum absolute atomic E-state index is 0.217. The number of nitrogens with zero attached hydrogens (tertiary/aromatic N) is 7. The van der Waals surface area contributed by atoms with Crippen LogP contribution < -0.4 is 20.3 Å². The van der Waals surface area contributed by atoms with Crippen molar-refractivity contribution >= 4 is 12.0 Å². The quantitative estimate of drug-likeness (QED) is 0.554. The zero-order valence-electron chi connectivity index (χ0n) is 20.2. The molecule has 0 bridgehead atoms. The molecule has 0 spiro atoms. The van der Waals surface area contributed by atoms with Gasteiger partial charge in [-0.1, -0.05) is 19.0 Å². The summed E-state index contributed by atoms with van der Waals surface area (Å²) < 4.78 is 11.3. The second kappa shape index (κ2) is 11.3. The van der Waals surface area contributed by atoms with Crippen LogP contribution in [0, 0.1) is 12.8 Å². The van der Waals surface area contributed by atoms with Gasteiger partial charge in [0.15, 0.2) is 11.6 Å². The van der Waals surface area contributed by atoms with Crippen molar-refractivity contribution in [3.8, 4) is 5.75 Å². The number of aryl methyl sites for hydroxylation is 1. The Morgan fingerprint density at radius 2 is 1.85 bits per heavy atom. The summed E-state index contributed by atoms with van der Waals surface area (Å²) in [7, 11) is 0. The lowest BCUT2D eigenvalue weighted by molar-refractivity contribution is 0.219. The minimum atomic E-state index is 0.217. The van der Waals surface area contributed by atoms with Crippen LogP contribution in [0.5, 0.6) is 5.75 Å². The van der Waals surface area contributed by atoms with Gasteiger partial charge in [0.05, 0.1) is 25.2 Å². The average molecular weight is 470 g/mol. The van der Waals surface area contributed by atoms with Gasteiger partial charge in [0.2, 0.25) is 5.95 Å². The Labute approximate surface area is 200 Å². The van der Waals surface area contributed by atoms with E-state index in [1.165, 1.54) is 5.56 Å². The van der Waals surface area contributed by atoms with Gasteiger partial charge in [0.1, 0.15) is 0 Å². The fourth-order valence-corrected chi connectivity index (χ4v) is 3.93. The molecule has 0 radical (unpaired) electrons. The number of aromatic amines is 1. The first-order chi connectivity index (χ1) is 16.5. The summed E-state index contributed by atoms with van der Waals surface area (Å²) in [5.74, 6) is 2.99. The molecular formula is C23H35N9O2. The number of rotatable bonds is 6. The third kappa shape index (κ3) is 6.43. The standard InChI is InChI=1S/C19H29N7O2.C4H6N2/c1-13(2)17-23-19(28-24-17)25-6-3-14(4-7-25)12-27-16-9-21-18(22-10-16)26-8-5-15(20)11-26;1-4-2-5-6-3-4/h9-10,13-15H,3-8,11-12,20H2,1-2H3;2-3H,1H3,(H,5,6). The topological polar surface area (TPSA) is 135 Å². The van der Waals surface area contributed by atoms with E-state index in [-0.39, 0.29) is 12.0 Å². The molecule has 1 atom stereocenters. The molecule has 0 amide bonds. The average Bonchev–Trinajstić information content (AvgIpc) is 3.61. The van der Waals surface area contributed by atoms with Gasteiger partial charge in [0.25, 0.3) is 0 Å². The van der Waals surface area contributed by atoms with Crippen LogP contribution in [0.15, 0.2) is 29.3 Å². The second-order valence-corrected chi connectivity index (χ2v) is 9.32. The molecule has 0 aromatic carbocycles. The maximum atomic E-state index is 5.95. The number of nitrogens with one attached hydrogen (secondary N) is 1. The van der Waals surface area contributed by atoms with Gasteiger partial charge in [-0.05, 0) is 37.7 Å². The Morgan fingerprint density at radius 3 is 2.38 bits per heavy atom. The number of aromatic nitrogens is 6. The zero-order chi connectivity index (χ0) is 23.9. The van der Waals surface area contributed by atoms with Gasteiger partial charge in [-0.15, -0.1) is 0 Å². The maximum Gasteiger partial charge on any atom is 0.324 e. The number of H-pyrrole nitrogens is 1. The smallest absolute Gasteiger partial charge is 0.324 e. The van der Waals surface area contributed by atoms with Crippen LogP contribution in [-0.2, 0) is 0 Å². The predicted molar refractivity (Wildman–Crippen MR) is 129 cm³/mol. The predicted octanol–water partition coefficient (Wildman–Crippen LogP) is 2.53. The summed E-state index contributed by atoms with van der Waals surface area (Å²) in [6, 6.07) is 0.850. The van der Waals surface area contributed by atoms with E-state index in [1.54, 1.807) is 18.6 Å². The monoisotopic (exact) mass is 469 g/mol. The summed E-state index contributed by atoms with van der Waals surface area (Å²) in [4.78, 5) is 17.6. The Morgan fingerprint density at radius 1 is 1.12 bits per heavy atom. The maximum absolute atomic E-state index is 5.95. The van der Waals surface area contributed by atoms with Crippen LogP contribution in [0.25, 0.3) is 0 Å². The van der Waals surface area contributed by atoms with Crippen molar-refractivity contribution in [2.24, 2.45) is 11.7 Å². The summed E-state index contributed by atoms with van der Waals surface area (Å²) in [5, 5.41) is 10.4. The van der Waals surface area contributed by atoms with E-state index >= 15 is 0 Å². The van der Waals surface area contributed by atoms with E-state index < -0.39 is 0 Å². The molecule has 3 N–H and O–H groups in total. The summed E-state index contributed by atoms with van der Waals surface area (Å²) >= 11 is 0. The molecule has 34 heavy (non-hydrogen) atoms. The number of anilines is 2. The van der Waals surface area contributed by atoms with E-state index in [0.29, 0.717) is 24.3 Å². The lowest BCUT2D eigenvalue weighted by Crippen LogP contribution is -2.35. The Bertz CT molecular complexity index is 982. The van der Waals surface area contributed by atoms with Gasteiger partial charge in [-0.2, -0.15) is 10.1 Å². The second-order valence-electron chi connectivity index (χ2n) is 9.32. The normalized spacial score (nSPS) is 18.8. The van der Waals surface area contributed by atoms with Gasteiger partial charge in [0, 0.05) is 44.3 Å². The first-order valence-corrected chi connectivity index (χ1v) is 12.0. The highest BCUT2D eigenvalue weighted by atomic mass is 16.5. The highest BCUT2D eigenvalue weighted by Gasteiger charge is 2.24. The number of nitrogens with two attached hydrogens (primary N) is 1. The SMILES string of the molecule is CC(C)c1noc(N2CCC(COc3cnc(N4CCC(N)C4)nc3)CC2)n1.Cc1cn[nH]c1. The highest BCUT2D eigenvalue weighted by molar-refractivity contribution is 5.33. The van der Waals surface area contributed by atoms with Crippen molar-refractivity contribution in [3.05, 3.63) is 36.2 Å². The lowest BCUT2D eigenvalue weighted by atomic mass is 9.98. The van der Waals surface area contributed by atoms with Crippen molar-refractivity contribution in [1.82, 2.24) is 30.3 Å². The van der Waals surface area contributed by atoms with Crippen LogP contribution >= 0.6 is 0 Å². The van der Waals surface area contributed by atoms with Gasteiger partial charge >= 0.3 is 6.01 Å². The lowest BCUT2D eigenvalue weighted by Gasteiger charge is -2.30. The molecule has 5 rings (SSSR count). The van der Waals surface area contributed by atoms with E-state index in [9.17, 15) is 0 Å². The third-order valence-electron chi connectivity index (χ3n) is 6.08. The minimum Gasteiger partial charge on any atom is -0.490 e. The molecule has 184 valence electrons. The van der Waals surface area contributed by atoms with Gasteiger partial charge in [-0.3, -0.25) is 5.10 Å². The highest BCUT2D eigenvalue weighted by Crippen LogP contribution is 2.24. The van der Waals surface area contributed by atoms with Crippen molar-refractivity contribution in [2.45, 2.75) is 52.0 Å². The molecule has 2 fully saturated rings. The van der Waals surface area contributed by atoms with Crippen LogP contribution in [0.1, 0.15) is 50.4 Å². The largest absolute Gasteiger partial charge is 0.490 e. The molecule has 0 saturated carbocycles. The van der Waals surface area contributed by atoms with E-state index in [0.717, 1.165) is 57.2 Å². The summed E-state index contributed by atoms with van der Waals surface area (Å²) in [6.45, 7) is 10.3. The molecular weight excluding hydrogens is 434 g/mol. The van der Waals surface area contributed by atoms with Crippen molar-refractivity contribution in [1.29, 1.82) is 0 Å². The number of hydrogen-bond donors (Lipinski definition) is 2. The van der Waals surface area contributed by atoms with Gasteiger partial charge in [-0.25, -0.2) is 9.97 Å². The Kier molecular flexibility index (Phi) is 7.94. The summed E-state index contributed by atoms with van der Waals surface area (Å²) in [6.07, 6.45) is 10.2. The first-order valence-electron chi connectivity index (χ1n) is 12.0. The molecule has 11 nitrogen and oxygen atoms in total. The van der Waals surface area contributed by atoms with Crippen LogP contribution in [0.2, 0.25) is 0 Å². The van der Waals surface area contributed by atoms with Crippen molar-refractivity contribution < 1.29 is 9.26 Å². The molecule has 5 heterocycles. The fourth-order valence-electron chi connectivity index (χ4n) is 3.93. The Hall–Kier alpha value is -3.21. The Balaban J connectivity index is 0.000000398. The molecule has 0 aliphatic carbocycles. The van der Waals surface area contributed by atoms with E-state index in [1.807, 2.05) is 13.1 Å². The van der Waals surface area contributed by atoms with Crippen LogP contribution in [0.4, 0.5) is 12.0 Å². The number of hydrogen-bond acceptors (Lipinski definition) is 10. The molecule has 3 aromatic rings. The van der Waals surface area contributed by atoms with Crippen LogP contribution in [-0.4, -0.2) is 69.1 Å². The number of ether oxygens (including phenoxy) is 1. The molecule has 1 unspecified atom stereocenters. The fraction of sp³-hybridized carbons (Fsp3) is 0.609. The third-order valence-corrected chi connectivity index (χ3v) is 6.08. The summed E-state index contributed by atoms with van der Waals surface area (Å²) in [5.41, 5.74) is 7.12. The van der Waals surface area contributed by atoms with Crippen LogP contribution in [0.3, 0.4) is 0 Å². The zero-order valence-corrected chi connectivity index (χ0v) is 20.2. The first kappa shape index (κ1) is 23.9. The van der Waals surface area contributed by atoms with Crippen molar-refractivity contribution in [3.63, 3.8) is 0 Å². The van der Waals surface area contributed by atoms with Crippen molar-refractivity contribution in [2.75, 3.05) is 42.6 Å². The van der Waals surface area contributed by atoms with E-state index in [2.05, 4.69) is 54.0 Å². The molecule has 3 aromatic heterocycles. The number of piperidine rings is 1. The van der Waals surface area contributed by atoms with E-state index in [4.69, 9.17) is 15.0 Å². The molecule has 11 heteroatoms. The molecule has 2 saturated heterocycles.